The summed E-state index contributed by atoms with van der Waals surface area (Å²) in [7, 11) is 1.36. The average Bonchev–Trinajstić information content (AvgIpc) is 3.18. The highest BCUT2D eigenvalue weighted by Gasteiger charge is 2.56. The molecule has 2 rings (SSSR count). The second-order valence-electron chi connectivity index (χ2n) is 9.43. The number of ether oxygens (including phenoxy) is 1. The normalized spacial score (nSPS) is 16.5. The maximum Gasteiger partial charge on any atom is 0.417 e. The van der Waals surface area contributed by atoms with Crippen molar-refractivity contribution >= 4 is 11.8 Å². The predicted octanol–water partition coefficient (Wildman–Crippen LogP) is 6.31. The summed E-state index contributed by atoms with van der Waals surface area (Å²) in [4.78, 5) is 7.17. The SMILES string of the molecule is C=Cc1[nH]c(CC(O)(CC(C)(CC)c2cc(F)ccc2OC)C(F)(F)F)cc1CC(C)=NC(C)C#N. The Kier molecular flexibility index (Phi) is 9.13. The van der Waals surface area contributed by atoms with Gasteiger partial charge in [0.2, 0.25) is 0 Å². The summed E-state index contributed by atoms with van der Waals surface area (Å²) in [5.74, 6) is -0.351. The van der Waals surface area contributed by atoms with E-state index in [4.69, 9.17) is 10.00 Å². The summed E-state index contributed by atoms with van der Waals surface area (Å²) in [5, 5.41) is 20.1. The molecule has 0 amide bonds. The lowest BCUT2D eigenvalue weighted by Gasteiger charge is -2.40. The third kappa shape index (κ3) is 6.55. The van der Waals surface area contributed by atoms with Crippen LogP contribution in [0.3, 0.4) is 0 Å². The highest BCUT2D eigenvalue weighted by molar-refractivity contribution is 5.85. The van der Waals surface area contributed by atoms with Crippen molar-refractivity contribution in [1.82, 2.24) is 4.98 Å². The smallest absolute Gasteiger partial charge is 0.417 e. The van der Waals surface area contributed by atoms with E-state index in [2.05, 4.69) is 16.6 Å². The van der Waals surface area contributed by atoms with Crippen molar-refractivity contribution in [3.8, 4) is 11.8 Å². The fourth-order valence-corrected chi connectivity index (χ4v) is 4.47. The van der Waals surface area contributed by atoms with Gasteiger partial charge >= 0.3 is 6.18 Å². The molecule has 1 aromatic carbocycles. The standard InChI is InChI=1S/C27H33F4N3O2/c1-7-23-19(11-17(3)33-18(4)15-32)12-21(34-23)14-26(35,27(29,30)31)16-25(5,8-2)22-13-20(28)9-10-24(22)36-6/h7,9-10,12-13,18,34-35H,1,8,11,14,16H2,2-6H3. The zero-order valence-corrected chi connectivity index (χ0v) is 21.3. The number of nitriles is 1. The molecular weight excluding hydrogens is 474 g/mol. The van der Waals surface area contributed by atoms with Crippen molar-refractivity contribution in [3.05, 3.63) is 59.2 Å². The Hall–Kier alpha value is -3.12. The molecular formula is C27H33F4N3O2. The van der Waals surface area contributed by atoms with Gasteiger partial charge in [-0.3, -0.25) is 4.99 Å². The Balaban J connectivity index is 2.48. The van der Waals surface area contributed by atoms with Gasteiger partial charge in [0.05, 0.1) is 13.2 Å². The van der Waals surface area contributed by atoms with E-state index in [9.17, 15) is 22.7 Å². The molecule has 0 spiro atoms. The van der Waals surface area contributed by atoms with E-state index in [1.54, 1.807) is 33.8 Å². The van der Waals surface area contributed by atoms with Crippen LogP contribution in [0.15, 0.2) is 35.8 Å². The third-order valence-corrected chi connectivity index (χ3v) is 6.53. The third-order valence-electron chi connectivity index (χ3n) is 6.53. The van der Waals surface area contributed by atoms with Crippen LogP contribution in [0.1, 0.15) is 63.1 Å². The zero-order chi connectivity index (χ0) is 27.3. The van der Waals surface area contributed by atoms with Gasteiger partial charge in [-0.15, -0.1) is 0 Å². The number of H-pyrrole nitrogens is 1. The zero-order valence-electron chi connectivity index (χ0n) is 21.3. The molecule has 0 aliphatic carbocycles. The second-order valence-corrected chi connectivity index (χ2v) is 9.43. The molecule has 3 atom stereocenters. The van der Waals surface area contributed by atoms with Gasteiger partial charge in [-0.2, -0.15) is 18.4 Å². The van der Waals surface area contributed by atoms with Crippen LogP contribution < -0.4 is 4.74 Å². The van der Waals surface area contributed by atoms with E-state index in [1.165, 1.54) is 25.3 Å². The average molecular weight is 508 g/mol. The number of methoxy groups -OCH3 is 1. The number of halogens is 4. The number of aromatic nitrogens is 1. The predicted molar refractivity (Wildman–Crippen MR) is 133 cm³/mol. The number of hydrogen-bond donors (Lipinski definition) is 2. The number of aliphatic imine (C=N–C) groups is 1. The molecule has 196 valence electrons. The van der Waals surface area contributed by atoms with Gasteiger partial charge in [0.1, 0.15) is 17.6 Å². The number of nitrogens with one attached hydrogen (secondary N) is 1. The molecule has 0 aliphatic rings. The molecule has 2 aromatic rings. The molecule has 1 aromatic heterocycles. The van der Waals surface area contributed by atoms with E-state index in [0.29, 0.717) is 23.4 Å². The van der Waals surface area contributed by atoms with Crippen LogP contribution >= 0.6 is 0 Å². The van der Waals surface area contributed by atoms with Crippen LogP contribution in [-0.2, 0) is 18.3 Å². The van der Waals surface area contributed by atoms with Crippen LogP contribution in [0.4, 0.5) is 17.6 Å². The van der Waals surface area contributed by atoms with Gasteiger partial charge < -0.3 is 14.8 Å². The fourth-order valence-electron chi connectivity index (χ4n) is 4.47. The maximum absolute atomic E-state index is 14.4. The first-order valence-electron chi connectivity index (χ1n) is 11.6. The Morgan fingerprint density at radius 1 is 1.33 bits per heavy atom. The molecule has 0 radical (unpaired) electrons. The lowest BCUT2D eigenvalue weighted by molar-refractivity contribution is -0.267. The molecule has 5 nitrogen and oxygen atoms in total. The molecule has 0 saturated carbocycles. The van der Waals surface area contributed by atoms with Crippen LogP contribution in [0.2, 0.25) is 0 Å². The lowest BCUT2D eigenvalue weighted by Crippen LogP contribution is -2.51. The topological polar surface area (TPSA) is 81.4 Å². The fraction of sp³-hybridized carbons (Fsp3) is 0.481. The summed E-state index contributed by atoms with van der Waals surface area (Å²) in [5.41, 5.74) is -2.13. The monoisotopic (exact) mass is 507 g/mol. The summed E-state index contributed by atoms with van der Waals surface area (Å²) >= 11 is 0. The number of alkyl halides is 3. The van der Waals surface area contributed by atoms with Gasteiger partial charge in [0.25, 0.3) is 0 Å². The molecule has 0 saturated heterocycles. The van der Waals surface area contributed by atoms with E-state index < -0.39 is 41.9 Å². The minimum Gasteiger partial charge on any atom is -0.496 e. The molecule has 3 unspecified atom stereocenters. The van der Waals surface area contributed by atoms with Crippen molar-refractivity contribution in [1.29, 1.82) is 5.26 Å². The minimum absolute atomic E-state index is 0.172. The largest absolute Gasteiger partial charge is 0.496 e. The Morgan fingerprint density at radius 3 is 2.53 bits per heavy atom. The summed E-state index contributed by atoms with van der Waals surface area (Å²) in [6, 6.07) is 6.72. The van der Waals surface area contributed by atoms with Crippen molar-refractivity contribution in [3.63, 3.8) is 0 Å². The van der Waals surface area contributed by atoms with Crippen LogP contribution in [0.5, 0.6) is 5.75 Å². The molecule has 9 heteroatoms. The van der Waals surface area contributed by atoms with E-state index in [1.807, 2.05) is 6.07 Å². The van der Waals surface area contributed by atoms with E-state index >= 15 is 0 Å². The molecule has 36 heavy (non-hydrogen) atoms. The van der Waals surface area contributed by atoms with Crippen molar-refractivity contribution in [2.75, 3.05) is 7.11 Å². The highest BCUT2D eigenvalue weighted by Crippen LogP contribution is 2.46. The van der Waals surface area contributed by atoms with Crippen LogP contribution in [0, 0.1) is 17.1 Å². The van der Waals surface area contributed by atoms with E-state index in [-0.39, 0.29) is 23.4 Å². The first-order valence-corrected chi connectivity index (χ1v) is 11.6. The first-order chi connectivity index (χ1) is 16.7. The van der Waals surface area contributed by atoms with Crippen LogP contribution in [-0.4, -0.2) is 40.7 Å². The highest BCUT2D eigenvalue weighted by atomic mass is 19.4. The number of hydrogen-bond acceptors (Lipinski definition) is 4. The number of rotatable bonds is 11. The number of aromatic amines is 1. The Labute approximate surface area is 209 Å². The summed E-state index contributed by atoms with van der Waals surface area (Å²) in [6.07, 6.45) is -4.43. The van der Waals surface area contributed by atoms with E-state index in [0.717, 1.165) is 6.07 Å². The quantitative estimate of drug-likeness (QED) is 0.276. The van der Waals surface area contributed by atoms with Crippen molar-refractivity contribution in [2.45, 2.75) is 76.6 Å². The summed E-state index contributed by atoms with van der Waals surface area (Å²) in [6.45, 7) is 10.3. The van der Waals surface area contributed by atoms with Crippen molar-refractivity contribution < 1.29 is 27.4 Å². The molecule has 0 bridgehead atoms. The number of benzene rings is 1. The van der Waals surface area contributed by atoms with Gasteiger partial charge in [-0.05, 0) is 68.0 Å². The van der Waals surface area contributed by atoms with Gasteiger partial charge in [-0.1, -0.05) is 20.4 Å². The number of nitrogens with zero attached hydrogens (tertiary/aromatic N) is 2. The summed E-state index contributed by atoms with van der Waals surface area (Å²) < 4.78 is 62.5. The Morgan fingerprint density at radius 2 is 2.00 bits per heavy atom. The lowest BCUT2D eigenvalue weighted by atomic mass is 9.70. The van der Waals surface area contributed by atoms with Gasteiger partial charge in [0.15, 0.2) is 5.60 Å². The minimum atomic E-state index is -4.97. The van der Waals surface area contributed by atoms with Crippen LogP contribution in [0.25, 0.3) is 6.08 Å². The van der Waals surface area contributed by atoms with Gasteiger partial charge in [0, 0.05) is 35.5 Å². The molecule has 0 aliphatic heterocycles. The Bertz CT molecular complexity index is 1150. The number of aliphatic hydroxyl groups is 1. The van der Waals surface area contributed by atoms with Crippen molar-refractivity contribution in [2.24, 2.45) is 4.99 Å². The first kappa shape index (κ1) is 29.1. The molecule has 0 fully saturated rings. The maximum atomic E-state index is 14.4. The van der Waals surface area contributed by atoms with Gasteiger partial charge in [-0.25, -0.2) is 4.39 Å². The molecule has 1 heterocycles. The second kappa shape index (κ2) is 11.3. The molecule has 2 N–H and O–H groups in total.